The molecule has 2 N–H and O–H groups in total. The Morgan fingerprint density at radius 3 is 2.81 bits per heavy atom. The Kier molecular flexibility index (Phi) is 4.87. The number of nitrogens with zero attached hydrogens (tertiary/aromatic N) is 1. The summed E-state index contributed by atoms with van der Waals surface area (Å²) < 4.78 is 13.1. The van der Waals surface area contributed by atoms with Crippen LogP contribution in [-0.2, 0) is 6.54 Å². The molecule has 0 aliphatic carbocycles. The topological polar surface area (TPSA) is 54.0 Å². The van der Waals surface area contributed by atoms with Crippen molar-refractivity contribution in [3.05, 3.63) is 59.0 Å². The van der Waals surface area contributed by atoms with Crippen LogP contribution in [0.1, 0.15) is 28.5 Å². The molecule has 21 heavy (non-hydrogen) atoms. The highest BCUT2D eigenvalue weighted by atomic mass is 19.1. The molecule has 1 amide bonds. The van der Waals surface area contributed by atoms with E-state index in [0.717, 1.165) is 17.8 Å². The van der Waals surface area contributed by atoms with Crippen molar-refractivity contribution in [2.24, 2.45) is 0 Å². The van der Waals surface area contributed by atoms with E-state index >= 15 is 0 Å². The summed E-state index contributed by atoms with van der Waals surface area (Å²) in [6.45, 7) is 4.83. The molecule has 0 spiro atoms. The van der Waals surface area contributed by atoms with Gasteiger partial charge in [0.15, 0.2) is 0 Å². The number of anilines is 1. The van der Waals surface area contributed by atoms with E-state index < -0.39 is 0 Å². The Labute approximate surface area is 123 Å². The van der Waals surface area contributed by atoms with Crippen LogP contribution in [0.3, 0.4) is 0 Å². The highest BCUT2D eigenvalue weighted by molar-refractivity contribution is 5.94. The second-order valence-corrected chi connectivity index (χ2v) is 4.73. The number of hydrogen-bond donors (Lipinski definition) is 2. The van der Waals surface area contributed by atoms with Crippen molar-refractivity contribution < 1.29 is 9.18 Å². The summed E-state index contributed by atoms with van der Waals surface area (Å²) >= 11 is 0. The summed E-state index contributed by atoms with van der Waals surface area (Å²) in [4.78, 5) is 16.4. The van der Waals surface area contributed by atoms with Crippen LogP contribution in [-0.4, -0.2) is 17.4 Å². The molecule has 0 atom stereocenters. The van der Waals surface area contributed by atoms with Crippen LogP contribution in [0.15, 0.2) is 36.4 Å². The van der Waals surface area contributed by atoms with E-state index in [-0.39, 0.29) is 18.3 Å². The molecule has 2 rings (SSSR count). The molecule has 2 aromatic rings. The summed E-state index contributed by atoms with van der Waals surface area (Å²) in [5.41, 5.74) is 2.03. The average molecular weight is 287 g/mol. The van der Waals surface area contributed by atoms with Crippen LogP contribution in [0.4, 0.5) is 10.2 Å². The second kappa shape index (κ2) is 6.83. The van der Waals surface area contributed by atoms with Gasteiger partial charge in [-0.05, 0) is 43.7 Å². The normalized spacial score (nSPS) is 10.2. The zero-order valence-electron chi connectivity index (χ0n) is 12.1. The van der Waals surface area contributed by atoms with Crippen LogP contribution in [0.5, 0.6) is 0 Å². The molecular formula is C16H18FN3O. The van der Waals surface area contributed by atoms with E-state index in [1.807, 2.05) is 13.8 Å². The van der Waals surface area contributed by atoms with Gasteiger partial charge in [0.1, 0.15) is 11.6 Å². The molecule has 0 unspecified atom stereocenters. The number of rotatable bonds is 5. The second-order valence-electron chi connectivity index (χ2n) is 4.73. The molecule has 0 aliphatic heterocycles. The third-order valence-corrected chi connectivity index (χ3v) is 2.92. The summed E-state index contributed by atoms with van der Waals surface area (Å²) in [6.07, 6.45) is 0. The highest BCUT2D eigenvalue weighted by Gasteiger charge is 2.08. The molecule has 5 heteroatoms. The number of hydrogen-bond acceptors (Lipinski definition) is 3. The van der Waals surface area contributed by atoms with Gasteiger partial charge in [0.05, 0.1) is 0 Å². The third-order valence-electron chi connectivity index (χ3n) is 2.92. The molecule has 0 bridgehead atoms. The first-order valence-corrected chi connectivity index (χ1v) is 6.83. The summed E-state index contributed by atoms with van der Waals surface area (Å²) in [7, 11) is 0. The first-order valence-electron chi connectivity index (χ1n) is 6.83. The van der Waals surface area contributed by atoms with Crippen molar-refractivity contribution in [1.29, 1.82) is 0 Å². The molecule has 1 heterocycles. The average Bonchev–Trinajstić information content (AvgIpc) is 2.44. The van der Waals surface area contributed by atoms with Gasteiger partial charge in [-0.3, -0.25) is 4.79 Å². The quantitative estimate of drug-likeness (QED) is 0.889. The van der Waals surface area contributed by atoms with Gasteiger partial charge in [-0.25, -0.2) is 9.37 Å². The van der Waals surface area contributed by atoms with Crippen molar-refractivity contribution >= 4 is 11.7 Å². The van der Waals surface area contributed by atoms with Crippen LogP contribution in [0, 0.1) is 12.7 Å². The Morgan fingerprint density at radius 2 is 2.10 bits per heavy atom. The number of nitrogens with one attached hydrogen (secondary N) is 2. The van der Waals surface area contributed by atoms with Crippen LogP contribution >= 0.6 is 0 Å². The van der Waals surface area contributed by atoms with Crippen LogP contribution in [0.2, 0.25) is 0 Å². The molecule has 0 aliphatic rings. The number of pyridine rings is 1. The maximum absolute atomic E-state index is 13.1. The van der Waals surface area contributed by atoms with Gasteiger partial charge in [0, 0.05) is 24.3 Å². The molecule has 110 valence electrons. The number of aromatic nitrogens is 1. The Balaban J connectivity index is 2.06. The molecule has 0 saturated heterocycles. The molecule has 4 nitrogen and oxygen atoms in total. The minimum absolute atomic E-state index is 0.205. The number of benzene rings is 1. The minimum atomic E-state index is -0.309. The zero-order chi connectivity index (χ0) is 15.2. The first kappa shape index (κ1) is 15.0. The molecule has 1 aromatic heterocycles. The van der Waals surface area contributed by atoms with Gasteiger partial charge >= 0.3 is 0 Å². The van der Waals surface area contributed by atoms with E-state index in [1.54, 1.807) is 24.3 Å². The van der Waals surface area contributed by atoms with Gasteiger partial charge < -0.3 is 10.6 Å². The summed E-state index contributed by atoms with van der Waals surface area (Å²) in [6, 6.07) is 9.60. The molecule has 1 aromatic carbocycles. The van der Waals surface area contributed by atoms with Gasteiger partial charge in [-0.15, -0.1) is 0 Å². The van der Waals surface area contributed by atoms with E-state index in [4.69, 9.17) is 0 Å². The predicted octanol–water partition coefficient (Wildman–Crippen LogP) is 2.89. The van der Waals surface area contributed by atoms with E-state index in [9.17, 15) is 9.18 Å². The number of amides is 1. The van der Waals surface area contributed by atoms with Crippen LogP contribution in [0.25, 0.3) is 0 Å². The van der Waals surface area contributed by atoms with Crippen molar-refractivity contribution in [2.45, 2.75) is 20.4 Å². The minimum Gasteiger partial charge on any atom is -0.370 e. The largest absolute Gasteiger partial charge is 0.370 e. The molecule has 0 fully saturated rings. The van der Waals surface area contributed by atoms with Gasteiger partial charge in [0.25, 0.3) is 5.91 Å². The maximum Gasteiger partial charge on any atom is 0.251 e. The Bertz CT molecular complexity index is 643. The van der Waals surface area contributed by atoms with Crippen molar-refractivity contribution in [3.63, 3.8) is 0 Å². The zero-order valence-corrected chi connectivity index (χ0v) is 12.1. The number of aryl methyl sites for hydroxylation is 1. The Hall–Kier alpha value is -2.43. The van der Waals surface area contributed by atoms with Crippen molar-refractivity contribution in [1.82, 2.24) is 10.3 Å². The van der Waals surface area contributed by atoms with E-state index in [2.05, 4.69) is 15.6 Å². The SMILES string of the molecule is CCNc1cc(C(=O)NCc2cccc(F)c2)cc(C)n1. The lowest BCUT2D eigenvalue weighted by Gasteiger charge is -2.09. The monoisotopic (exact) mass is 287 g/mol. The Morgan fingerprint density at radius 1 is 1.29 bits per heavy atom. The lowest BCUT2D eigenvalue weighted by atomic mass is 10.2. The lowest BCUT2D eigenvalue weighted by Crippen LogP contribution is -2.23. The molecule has 0 saturated carbocycles. The third kappa shape index (κ3) is 4.27. The summed E-state index contributed by atoms with van der Waals surface area (Å²) in [5.74, 6) is 0.160. The van der Waals surface area contributed by atoms with Gasteiger partial charge in [0.2, 0.25) is 0 Å². The standard InChI is InChI=1S/C16H18FN3O/c1-3-18-15-9-13(7-11(2)20-15)16(21)19-10-12-5-4-6-14(17)8-12/h4-9H,3,10H2,1-2H3,(H,18,20)(H,19,21). The lowest BCUT2D eigenvalue weighted by molar-refractivity contribution is 0.0950. The summed E-state index contributed by atoms with van der Waals surface area (Å²) in [5, 5.41) is 5.86. The smallest absolute Gasteiger partial charge is 0.251 e. The molecule has 0 radical (unpaired) electrons. The van der Waals surface area contributed by atoms with E-state index in [0.29, 0.717) is 11.4 Å². The number of carbonyl (C=O) groups is 1. The maximum atomic E-state index is 13.1. The fourth-order valence-electron chi connectivity index (χ4n) is 2.00. The number of halogens is 1. The van der Waals surface area contributed by atoms with E-state index in [1.165, 1.54) is 12.1 Å². The fourth-order valence-corrected chi connectivity index (χ4v) is 2.00. The predicted molar refractivity (Wildman–Crippen MR) is 80.7 cm³/mol. The number of carbonyl (C=O) groups excluding carboxylic acids is 1. The molecular weight excluding hydrogens is 269 g/mol. The van der Waals surface area contributed by atoms with Crippen molar-refractivity contribution in [2.75, 3.05) is 11.9 Å². The first-order chi connectivity index (χ1) is 10.1. The van der Waals surface area contributed by atoms with Gasteiger partial charge in [-0.2, -0.15) is 0 Å². The van der Waals surface area contributed by atoms with Crippen molar-refractivity contribution in [3.8, 4) is 0 Å². The highest BCUT2D eigenvalue weighted by Crippen LogP contribution is 2.10. The fraction of sp³-hybridized carbons (Fsp3) is 0.250. The van der Waals surface area contributed by atoms with Crippen LogP contribution < -0.4 is 10.6 Å². The van der Waals surface area contributed by atoms with Gasteiger partial charge in [-0.1, -0.05) is 12.1 Å².